The normalized spacial score (nSPS) is 11.6. The van der Waals surface area contributed by atoms with E-state index in [2.05, 4.69) is 6.92 Å². The molecule has 0 radical (unpaired) electrons. The van der Waals surface area contributed by atoms with Crippen LogP contribution in [0.3, 0.4) is 0 Å². The van der Waals surface area contributed by atoms with Crippen molar-refractivity contribution in [1.82, 2.24) is 0 Å². The van der Waals surface area contributed by atoms with Crippen molar-refractivity contribution in [2.75, 3.05) is 14.2 Å². The zero-order valence-electron chi connectivity index (χ0n) is 10.9. The van der Waals surface area contributed by atoms with Gasteiger partial charge in [-0.3, -0.25) is 0 Å². The molecule has 0 spiro atoms. The topological polar surface area (TPSA) is 44.5 Å². The highest BCUT2D eigenvalue weighted by molar-refractivity contribution is 5.85. The molecule has 3 nitrogen and oxygen atoms in total. The monoisotopic (exact) mass is 259 g/mol. The second-order valence-corrected chi connectivity index (χ2v) is 4.01. The Morgan fingerprint density at radius 3 is 1.94 bits per heavy atom. The minimum atomic E-state index is 0. The Kier molecular flexibility index (Phi) is 7.00. The molecule has 0 saturated carbocycles. The molecule has 2 N–H and O–H groups in total. The van der Waals surface area contributed by atoms with Crippen molar-refractivity contribution in [1.29, 1.82) is 0 Å². The van der Waals surface area contributed by atoms with E-state index in [-0.39, 0.29) is 18.4 Å². The molecule has 0 aliphatic heterocycles. The summed E-state index contributed by atoms with van der Waals surface area (Å²) >= 11 is 0. The molecule has 0 aromatic heterocycles. The first-order chi connectivity index (χ1) is 7.62. The number of methoxy groups -OCH3 is 2. The Balaban J connectivity index is 0.00000256. The Hall–Kier alpha value is -0.930. The van der Waals surface area contributed by atoms with Gasteiger partial charge in [0.15, 0.2) is 0 Å². The maximum atomic E-state index is 5.80. The smallest absolute Gasteiger partial charge is 0.126 e. The number of hydrogen-bond acceptors (Lipinski definition) is 3. The van der Waals surface area contributed by atoms with E-state index < -0.39 is 0 Å². The highest BCUT2D eigenvalue weighted by Crippen LogP contribution is 2.31. The van der Waals surface area contributed by atoms with Crippen molar-refractivity contribution in [2.24, 2.45) is 5.73 Å². The molecule has 98 valence electrons. The quantitative estimate of drug-likeness (QED) is 0.884. The Morgan fingerprint density at radius 1 is 1.18 bits per heavy atom. The lowest BCUT2D eigenvalue weighted by atomic mass is 10.0. The number of halogens is 1. The Bertz CT molecular complexity index is 328. The van der Waals surface area contributed by atoms with Gasteiger partial charge in [0.05, 0.1) is 14.2 Å². The molecule has 0 fully saturated rings. The summed E-state index contributed by atoms with van der Waals surface area (Å²) in [6, 6.07) is 4.23. The summed E-state index contributed by atoms with van der Waals surface area (Å²) < 4.78 is 10.8. The Morgan fingerprint density at radius 2 is 1.65 bits per heavy atom. The van der Waals surface area contributed by atoms with Crippen LogP contribution in [0.4, 0.5) is 0 Å². The molecule has 1 aromatic carbocycles. The van der Waals surface area contributed by atoms with Crippen molar-refractivity contribution < 1.29 is 9.47 Å². The van der Waals surface area contributed by atoms with Crippen LogP contribution in [0.5, 0.6) is 11.5 Å². The molecule has 1 unspecified atom stereocenters. The van der Waals surface area contributed by atoms with Crippen LogP contribution in [0.15, 0.2) is 12.1 Å². The highest BCUT2D eigenvalue weighted by atomic mass is 35.5. The molecule has 1 aromatic rings. The summed E-state index contributed by atoms with van der Waals surface area (Å²) in [5, 5.41) is 0. The van der Waals surface area contributed by atoms with Gasteiger partial charge in [0.25, 0.3) is 0 Å². The first-order valence-corrected chi connectivity index (χ1v) is 5.61. The zero-order chi connectivity index (χ0) is 12.1. The van der Waals surface area contributed by atoms with E-state index in [1.54, 1.807) is 14.2 Å². The van der Waals surface area contributed by atoms with Crippen molar-refractivity contribution >= 4 is 12.4 Å². The summed E-state index contributed by atoms with van der Waals surface area (Å²) in [4.78, 5) is 0. The maximum absolute atomic E-state index is 5.80. The van der Waals surface area contributed by atoms with Crippen LogP contribution >= 0.6 is 12.4 Å². The molecule has 0 aliphatic rings. The van der Waals surface area contributed by atoms with Gasteiger partial charge in [-0.05, 0) is 37.5 Å². The summed E-state index contributed by atoms with van der Waals surface area (Å²) in [6.07, 6.45) is 1.72. The van der Waals surface area contributed by atoms with Crippen LogP contribution in [0.2, 0.25) is 0 Å². The lowest BCUT2D eigenvalue weighted by Crippen LogP contribution is -2.17. The third kappa shape index (κ3) is 4.10. The van der Waals surface area contributed by atoms with Crippen LogP contribution in [0, 0.1) is 0 Å². The zero-order valence-corrected chi connectivity index (χ0v) is 11.8. The standard InChI is InChI=1S/C13H21NO2.ClH/c1-5-11-12(15-3)7-10(6-9(2)14)8-13(11)16-4;/h7-9H,5-6,14H2,1-4H3;1H. The van der Waals surface area contributed by atoms with Gasteiger partial charge in [-0.1, -0.05) is 6.92 Å². The van der Waals surface area contributed by atoms with E-state index in [0.29, 0.717) is 0 Å². The first-order valence-electron chi connectivity index (χ1n) is 5.61. The maximum Gasteiger partial charge on any atom is 0.126 e. The fourth-order valence-electron chi connectivity index (χ4n) is 1.88. The van der Waals surface area contributed by atoms with E-state index in [1.807, 2.05) is 19.1 Å². The minimum absolute atomic E-state index is 0. The van der Waals surface area contributed by atoms with Gasteiger partial charge in [0, 0.05) is 11.6 Å². The second-order valence-electron chi connectivity index (χ2n) is 4.01. The molecule has 0 heterocycles. The molecule has 1 rings (SSSR count). The van der Waals surface area contributed by atoms with Crippen molar-refractivity contribution in [3.05, 3.63) is 23.3 Å². The molecule has 17 heavy (non-hydrogen) atoms. The summed E-state index contributed by atoms with van der Waals surface area (Å²) in [5.74, 6) is 1.77. The molecular formula is C13H22ClNO2. The van der Waals surface area contributed by atoms with Crippen LogP contribution in [0.25, 0.3) is 0 Å². The summed E-state index contributed by atoms with van der Waals surface area (Å²) in [5.41, 5.74) is 8.06. The van der Waals surface area contributed by atoms with E-state index in [4.69, 9.17) is 15.2 Å². The number of benzene rings is 1. The number of nitrogens with two attached hydrogens (primary N) is 1. The van der Waals surface area contributed by atoms with Gasteiger partial charge >= 0.3 is 0 Å². The van der Waals surface area contributed by atoms with Crippen LogP contribution in [0.1, 0.15) is 25.0 Å². The molecule has 0 bridgehead atoms. The predicted molar refractivity (Wildman–Crippen MR) is 73.5 cm³/mol. The number of hydrogen-bond donors (Lipinski definition) is 1. The molecule has 0 saturated heterocycles. The minimum Gasteiger partial charge on any atom is -0.496 e. The molecular weight excluding hydrogens is 238 g/mol. The van der Waals surface area contributed by atoms with Gasteiger partial charge in [0.2, 0.25) is 0 Å². The fraction of sp³-hybridized carbons (Fsp3) is 0.538. The van der Waals surface area contributed by atoms with Gasteiger partial charge in [-0.25, -0.2) is 0 Å². The Labute approximate surface area is 110 Å². The average Bonchev–Trinajstić information content (AvgIpc) is 2.26. The molecule has 0 aliphatic carbocycles. The van der Waals surface area contributed by atoms with E-state index in [1.165, 1.54) is 0 Å². The first kappa shape index (κ1) is 16.1. The summed E-state index contributed by atoms with van der Waals surface area (Å²) in [7, 11) is 3.37. The van der Waals surface area contributed by atoms with Gasteiger partial charge in [-0.15, -0.1) is 12.4 Å². The van der Waals surface area contributed by atoms with Crippen LogP contribution in [-0.2, 0) is 12.8 Å². The number of rotatable bonds is 5. The third-order valence-electron chi connectivity index (χ3n) is 2.58. The lowest BCUT2D eigenvalue weighted by Gasteiger charge is -2.15. The van der Waals surface area contributed by atoms with Gasteiger partial charge in [0.1, 0.15) is 11.5 Å². The van der Waals surface area contributed by atoms with E-state index >= 15 is 0 Å². The fourth-order valence-corrected chi connectivity index (χ4v) is 1.88. The predicted octanol–water partition coefficient (Wildman–Crippen LogP) is 2.58. The van der Waals surface area contributed by atoms with E-state index in [9.17, 15) is 0 Å². The third-order valence-corrected chi connectivity index (χ3v) is 2.58. The van der Waals surface area contributed by atoms with Gasteiger partial charge in [-0.2, -0.15) is 0 Å². The largest absolute Gasteiger partial charge is 0.496 e. The van der Waals surface area contributed by atoms with Crippen molar-refractivity contribution in [3.8, 4) is 11.5 Å². The van der Waals surface area contributed by atoms with Crippen LogP contribution in [-0.4, -0.2) is 20.3 Å². The highest BCUT2D eigenvalue weighted by Gasteiger charge is 2.11. The average molecular weight is 260 g/mol. The van der Waals surface area contributed by atoms with Crippen LogP contribution < -0.4 is 15.2 Å². The number of ether oxygens (including phenoxy) is 2. The van der Waals surface area contributed by atoms with Crippen molar-refractivity contribution in [2.45, 2.75) is 32.7 Å². The molecule has 0 amide bonds. The summed E-state index contributed by atoms with van der Waals surface area (Å²) in [6.45, 7) is 4.08. The molecule has 4 heteroatoms. The SMILES string of the molecule is CCc1c(OC)cc(CC(C)N)cc1OC.Cl. The molecule has 1 atom stereocenters. The van der Waals surface area contributed by atoms with Gasteiger partial charge < -0.3 is 15.2 Å². The lowest BCUT2D eigenvalue weighted by molar-refractivity contribution is 0.385. The van der Waals surface area contributed by atoms with Crippen molar-refractivity contribution in [3.63, 3.8) is 0 Å². The van der Waals surface area contributed by atoms with E-state index in [0.717, 1.165) is 35.5 Å². The second kappa shape index (κ2) is 7.41.